The van der Waals surface area contributed by atoms with Crippen LogP contribution in [-0.4, -0.2) is 38.2 Å². The summed E-state index contributed by atoms with van der Waals surface area (Å²) in [5, 5.41) is 11.4. The number of nitrogens with zero attached hydrogens (tertiary/aromatic N) is 1. The summed E-state index contributed by atoms with van der Waals surface area (Å²) in [5.74, 6) is -0.580. The van der Waals surface area contributed by atoms with Crippen LogP contribution in [0.4, 0.5) is 0 Å². The molecule has 7 nitrogen and oxygen atoms in total. The van der Waals surface area contributed by atoms with Gasteiger partial charge in [0.25, 0.3) is 5.56 Å². The van der Waals surface area contributed by atoms with Crippen LogP contribution in [0.3, 0.4) is 0 Å². The minimum Gasteiger partial charge on any atom is -0.480 e. The van der Waals surface area contributed by atoms with Crippen molar-refractivity contribution in [3.63, 3.8) is 0 Å². The van der Waals surface area contributed by atoms with Crippen LogP contribution in [0.5, 0.6) is 0 Å². The number of carboxylic acid groups (broad SMARTS) is 1. The number of fused-ring (bicyclic) bond motifs is 1. The Kier molecular flexibility index (Phi) is 5.66. The largest absolute Gasteiger partial charge is 0.480 e. The number of aliphatic carboxylic acids is 1. The molecule has 2 aromatic heterocycles. The first kappa shape index (κ1) is 18.5. The second-order valence-corrected chi connectivity index (χ2v) is 8.03. The number of hydrogen-bond acceptors (Lipinski definition) is 6. The first-order chi connectivity index (χ1) is 11.2. The molecule has 24 heavy (non-hydrogen) atoms. The van der Waals surface area contributed by atoms with Gasteiger partial charge in [-0.15, -0.1) is 23.1 Å². The Bertz CT molecular complexity index is 843. The molecule has 0 aliphatic carbocycles. The summed E-state index contributed by atoms with van der Waals surface area (Å²) >= 11 is 2.76. The summed E-state index contributed by atoms with van der Waals surface area (Å²) in [7, 11) is 0. The zero-order valence-electron chi connectivity index (χ0n) is 13.8. The van der Waals surface area contributed by atoms with E-state index in [9.17, 15) is 14.4 Å². The number of H-pyrrole nitrogens is 1. The molecule has 0 radical (unpaired) electrons. The van der Waals surface area contributed by atoms with Crippen LogP contribution in [0, 0.1) is 13.8 Å². The van der Waals surface area contributed by atoms with Crippen molar-refractivity contribution in [1.82, 2.24) is 15.3 Å². The lowest BCUT2D eigenvalue weighted by Gasteiger charge is -2.14. The van der Waals surface area contributed by atoms with Crippen LogP contribution >= 0.6 is 23.1 Å². The predicted octanol–water partition coefficient (Wildman–Crippen LogP) is 1.81. The monoisotopic (exact) mass is 369 g/mol. The maximum absolute atomic E-state index is 12.2. The van der Waals surface area contributed by atoms with Gasteiger partial charge >= 0.3 is 5.97 Å². The van der Waals surface area contributed by atoms with E-state index in [1.54, 1.807) is 6.92 Å². The van der Waals surface area contributed by atoms with Crippen molar-refractivity contribution in [2.24, 2.45) is 0 Å². The number of amides is 1. The lowest BCUT2D eigenvalue weighted by molar-refractivity contribution is -0.141. The SMILES string of the molecule is Cc1sc2nc(CSC(C)C(=O)NC(C)C(=O)O)[nH]c(=O)c2c1C. The molecular weight excluding hydrogens is 350 g/mol. The van der Waals surface area contributed by atoms with Crippen LogP contribution in [0.1, 0.15) is 30.1 Å². The molecule has 0 bridgehead atoms. The number of carbonyl (C=O) groups excluding carboxylic acids is 1. The van der Waals surface area contributed by atoms with Crippen molar-refractivity contribution in [3.05, 3.63) is 26.6 Å². The number of carbonyl (C=O) groups is 2. The molecule has 130 valence electrons. The Morgan fingerprint density at radius 1 is 1.38 bits per heavy atom. The second kappa shape index (κ2) is 7.35. The van der Waals surface area contributed by atoms with Crippen LogP contribution in [0.2, 0.25) is 0 Å². The van der Waals surface area contributed by atoms with E-state index in [0.29, 0.717) is 21.8 Å². The third kappa shape index (κ3) is 3.96. The minimum atomic E-state index is -1.08. The average molecular weight is 369 g/mol. The van der Waals surface area contributed by atoms with E-state index in [1.165, 1.54) is 30.0 Å². The fourth-order valence-corrected chi connectivity index (χ4v) is 3.85. The number of carboxylic acids is 1. The van der Waals surface area contributed by atoms with E-state index in [-0.39, 0.29) is 11.5 Å². The fraction of sp³-hybridized carbons (Fsp3) is 0.467. The number of nitrogens with one attached hydrogen (secondary N) is 2. The molecule has 3 N–H and O–H groups in total. The molecule has 0 saturated carbocycles. The van der Waals surface area contributed by atoms with E-state index >= 15 is 0 Å². The summed E-state index contributed by atoms with van der Waals surface area (Å²) in [4.78, 5) is 43.8. The third-order valence-corrected chi connectivity index (χ3v) is 5.91. The molecule has 9 heteroatoms. The van der Waals surface area contributed by atoms with Gasteiger partial charge in [0.2, 0.25) is 5.91 Å². The average Bonchev–Trinajstić information content (AvgIpc) is 2.79. The van der Waals surface area contributed by atoms with Crippen molar-refractivity contribution in [1.29, 1.82) is 0 Å². The molecule has 2 aromatic rings. The van der Waals surface area contributed by atoms with Gasteiger partial charge in [-0.1, -0.05) is 0 Å². The summed E-state index contributed by atoms with van der Waals surface area (Å²) in [6.07, 6.45) is 0. The normalized spacial score (nSPS) is 13.7. The van der Waals surface area contributed by atoms with Gasteiger partial charge in [-0.2, -0.15) is 0 Å². The van der Waals surface area contributed by atoms with Gasteiger partial charge in [-0.3, -0.25) is 14.4 Å². The third-order valence-electron chi connectivity index (χ3n) is 3.66. The van der Waals surface area contributed by atoms with Gasteiger partial charge in [-0.25, -0.2) is 4.98 Å². The van der Waals surface area contributed by atoms with E-state index in [1.807, 2.05) is 13.8 Å². The highest BCUT2D eigenvalue weighted by Crippen LogP contribution is 2.26. The Morgan fingerprint density at radius 3 is 2.67 bits per heavy atom. The highest BCUT2D eigenvalue weighted by molar-refractivity contribution is 7.99. The van der Waals surface area contributed by atoms with E-state index in [2.05, 4.69) is 15.3 Å². The van der Waals surface area contributed by atoms with Gasteiger partial charge in [-0.05, 0) is 33.3 Å². The minimum absolute atomic E-state index is 0.172. The topological polar surface area (TPSA) is 112 Å². The summed E-state index contributed by atoms with van der Waals surface area (Å²) in [6, 6.07) is -0.938. The summed E-state index contributed by atoms with van der Waals surface area (Å²) < 4.78 is 0. The summed E-state index contributed by atoms with van der Waals surface area (Å²) in [6.45, 7) is 6.94. The van der Waals surface area contributed by atoms with Gasteiger partial charge < -0.3 is 15.4 Å². The molecular formula is C15H19N3O4S2. The Morgan fingerprint density at radius 2 is 2.04 bits per heavy atom. The molecule has 0 aliphatic heterocycles. The molecule has 2 rings (SSSR count). The van der Waals surface area contributed by atoms with Crippen molar-refractivity contribution in [3.8, 4) is 0 Å². The predicted molar refractivity (Wildman–Crippen MR) is 95.7 cm³/mol. The molecule has 0 aromatic carbocycles. The van der Waals surface area contributed by atoms with Gasteiger partial charge in [0.05, 0.1) is 16.4 Å². The zero-order chi connectivity index (χ0) is 18.0. The standard InChI is InChI=1S/C15H19N3O4S2/c1-6-8(3)24-14-11(6)13(20)17-10(18-14)5-23-9(4)12(19)16-7(2)15(21)22/h7,9H,5H2,1-4H3,(H,16,19)(H,21,22)(H,17,18,20). The number of aromatic amines is 1. The molecule has 0 spiro atoms. The Hall–Kier alpha value is -1.87. The van der Waals surface area contributed by atoms with Crippen LogP contribution in [-0.2, 0) is 15.3 Å². The van der Waals surface area contributed by atoms with E-state index < -0.39 is 17.3 Å². The molecule has 1 amide bonds. The van der Waals surface area contributed by atoms with Gasteiger partial charge in [0, 0.05) is 4.88 Å². The maximum atomic E-state index is 12.2. The highest BCUT2D eigenvalue weighted by Gasteiger charge is 2.20. The van der Waals surface area contributed by atoms with Crippen molar-refractivity contribution in [2.45, 2.75) is 44.7 Å². The quantitative estimate of drug-likeness (QED) is 0.716. The molecule has 0 saturated heterocycles. The number of aryl methyl sites for hydroxylation is 2. The molecule has 2 heterocycles. The van der Waals surface area contributed by atoms with E-state index in [0.717, 1.165) is 10.4 Å². The van der Waals surface area contributed by atoms with E-state index in [4.69, 9.17) is 5.11 Å². The van der Waals surface area contributed by atoms with Crippen molar-refractivity contribution >= 4 is 45.2 Å². The van der Waals surface area contributed by atoms with Gasteiger partial charge in [0.15, 0.2) is 0 Å². The number of thiophene rings is 1. The first-order valence-corrected chi connectivity index (χ1v) is 9.21. The van der Waals surface area contributed by atoms with Gasteiger partial charge in [0.1, 0.15) is 16.7 Å². The Labute approximate surface area is 146 Å². The first-order valence-electron chi connectivity index (χ1n) is 7.34. The highest BCUT2D eigenvalue weighted by atomic mass is 32.2. The maximum Gasteiger partial charge on any atom is 0.325 e. The lowest BCUT2D eigenvalue weighted by Crippen LogP contribution is -2.42. The van der Waals surface area contributed by atoms with Crippen molar-refractivity contribution in [2.75, 3.05) is 0 Å². The molecule has 0 aliphatic rings. The molecule has 0 fully saturated rings. The molecule has 2 unspecified atom stereocenters. The number of hydrogen-bond donors (Lipinski definition) is 3. The van der Waals surface area contributed by atoms with Crippen LogP contribution in [0.25, 0.3) is 10.2 Å². The molecule has 2 atom stereocenters. The fourth-order valence-electron chi connectivity index (χ4n) is 2.04. The second-order valence-electron chi connectivity index (χ2n) is 5.50. The van der Waals surface area contributed by atoms with Crippen molar-refractivity contribution < 1.29 is 14.7 Å². The summed E-state index contributed by atoms with van der Waals surface area (Å²) in [5.41, 5.74) is 0.771. The van der Waals surface area contributed by atoms with Crippen LogP contribution in [0.15, 0.2) is 4.79 Å². The zero-order valence-corrected chi connectivity index (χ0v) is 15.4. The lowest BCUT2D eigenvalue weighted by atomic mass is 10.2. The number of aromatic nitrogens is 2. The number of thioether (sulfide) groups is 1. The van der Waals surface area contributed by atoms with Crippen LogP contribution < -0.4 is 10.9 Å². The Balaban J connectivity index is 2.06. The number of rotatable bonds is 6. The smallest absolute Gasteiger partial charge is 0.325 e.